The maximum absolute atomic E-state index is 12.6. The number of methoxy groups -OCH3 is 1. The Labute approximate surface area is 256 Å². The molecule has 8 nitrogen and oxygen atoms in total. The number of para-hydroxylation sites is 1. The van der Waals surface area contributed by atoms with Crippen LogP contribution in [0.5, 0.6) is 5.75 Å². The molecule has 3 aromatic carbocycles. The molecular weight excluding hydrogens is 540 g/mol. The Morgan fingerprint density at radius 3 is 2.33 bits per heavy atom. The van der Waals surface area contributed by atoms with Crippen LogP contribution in [0.3, 0.4) is 0 Å². The van der Waals surface area contributed by atoms with Gasteiger partial charge in [-0.05, 0) is 74.5 Å². The first kappa shape index (κ1) is 32.0. The molecule has 0 bridgehead atoms. The highest BCUT2D eigenvalue weighted by atomic mass is 16.6. The quantitative estimate of drug-likeness (QED) is 0.182. The SMILES string of the molecule is COc1ccc(CCNCCCCCNC(=O)CCN2CCC(OC(=O)Nc3ccccc3-c3ccccc3)CC2)cc1. The Morgan fingerprint density at radius 1 is 0.837 bits per heavy atom. The van der Waals surface area contributed by atoms with Crippen molar-refractivity contribution in [2.75, 3.05) is 51.7 Å². The molecule has 1 heterocycles. The molecule has 0 spiro atoms. The van der Waals surface area contributed by atoms with Crippen LogP contribution in [-0.2, 0) is 16.0 Å². The largest absolute Gasteiger partial charge is 0.497 e. The number of hydrogen-bond acceptors (Lipinski definition) is 6. The first-order chi connectivity index (χ1) is 21.1. The molecule has 230 valence electrons. The van der Waals surface area contributed by atoms with Gasteiger partial charge in [-0.25, -0.2) is 4.79 Å². The standard InChI is InChI=1S/C35H46N4O4/c1-42-30-16-14-28(15-17-30)18-24-36-22-8-3-9-23-37-34(40)21-27-39-25-19-31(20-26-39)43-35(41)38-33-13-7-6-12-32(33)29-10-4-2-5-11-29/h2,4-7,10-17,31,36H,3,8-9,18-27H2,1H3,(H,37,40)(H,38,41). The van der Waals surface area contributed by atoms with E-state index in [1.54, 1.807) is 7.11 Å². The monoisotopic (exact) mass is 586 g/mol. The molecule has 8 heteroatoms. The Bertz CT molecular complexity index is 1240. The van der Waals surface area contributed by atoms with Crippen LogP contribution in [0, 0.1) is 0 Å². The molecule has 0 unspecified atom stereocenters. The lowest BCUT2D eigenvalue weighted by Gasteiger charge is -2.31. The van der Waals surface area contributed by atoms with Gasteiger partial charge < -0.3 is 25.0 Å². The van der Waals surface area contributed by atoms with Crippen molar-refractivity contribution in [1.29, 1.82) is 0 Å². The zero-order valence-electron chi connectivity index (χ0n) is 25.4. The fraction of sp³-hybridized carbons (Fsp3) is 0.429. The van der Waals surface area contributed by atoms with Crippen LogP contribution in [0.4, 0.5) is 10.5 Å². The summed E-state index contributed by atoms with van der Waals surface area (Å²) in [6.45, 7) is 5.04. The molecule has 2 amide bonds. The van der Waals surface area contributed by atoms with E-state index in [0.717, 1.165) is 100 Å². The summed E-state index contributed by atoms with van der Waals surface area (Å²) >= 11 is 0. The number of rotatable bonds is 16. The van der Waals surface area contributed by atoms with E-state index in [1.807, 2.05) is 66.7 Å². The second-order valence-corrected chi connectivity index (χ2v) is 11.0. The maximum atomic E-state index is 12.6. The number of benzene rings is 3. The van der Waals surface area contributed by atoms with Crippen LogP contribution in [0.2, 0.25) is 0 Å². The summed E-state index contributed by atoms with van der Waals surface area (Å²) in [5.41, 5.74) is 4.04. The van der Waals surface area contributed by atoms with E-state index in [9.17, 15) is 9.59 Å². The van der Waals surface area contributed by atoms with E-state index in [2.05, 4.69) is 33.0 Å². The minimum absolute atomic E-state index is 0.104. The normalized spacial score (nSPS) is 13.8. The van der Waals surface area contributed by atoms with Gasteiger partial charge in [0.1, 0.15) is 11.9 Å². The van der Waals surface area contributed by atoms with Crippen LogP contribution in [-0.4, -0.2) is 69.4 Å². The van der Waals surface area contributed by atoms with Gasteiger partial charge in [-0.3, -0.25) is 10.1 Å². The van der Waals surface area contributed by atoms with Gasteiger partial charge in [0.15, 0.2) is 0 Å². The topological polar surface area (TPSA) is 91.9 Å². The Morgan fingerprint density at radius 2 is 1.56 bits per heavy atom. The van der Waals surface area contributed by atoms with Crippen molar-refractivity contribution in [3.8, 4) is 16.9 Å². The van der Waals surface area contributed by atoms with Gasteiger partial charge in [-0.15, -0.1) is 0 Å². The summed E-state index contributed by atoms with van der Waals surface area (Å²) in [6.07, 6.45) is 5.68. The lowest BCUT2D eigenvalue weighted by Crippen LogP contribution is -2.40. The number of likely N-dealkylation sites (tertiary alicyclic amines) is 1. The van der Waals surface area contributed by atoms with Crippen LogP contribution in [0.1, 0.15) is 44.1 Å². The first-order valence-corrected chi connectivity index (χ1v) is 15.6. The Kier molecular flexibility index (Phi) is 13.4. The van der Waals surface area contributed by atoms with E-state index >= 15 is 0 Å². The van der Waals surface area contributed by atoms with Crippen molar-refractivity contribution in [2.24, 2.45) is 0 Å². The molecule has 1 saturated heterocycles. The predicted octanol–water partition coefficient (Wildman–Crippen LogP) is 5.88. The number of ether oxygens (including phenoxy) is 2. The second-order valence-electron chi connectivity index (χ2n) is 11.0. The molecule has 0 aromatic heterocycles. The third-order valence-corrected chi connectivity index (χ3v) is 7.81. The minimum Gasteiger partial charge on any atom is -0.497 e. The molecule has 0 aliphatic carbocycles. The molecule has 43 heavy (non-hydrogen) atoms. The zero-order chi connectivity index (χ0) is 30.1. The van der Waals surface area contributed by atoms with Crippen LogP contribution in [0.15, 0.2) is 78.9 Å². The van der Waals surface area contributed by atoms with Gasteiger partial charge in [0.25, 0.3) is 0 Å². The molecule has 4 rings (SSSR count). The van der Waals surface area contributed by atoms with Gasteiger partial charge in [0.2, 0.25) is 5.91 Å². The number of nitrogens with one attached hydrogen (secondary N) is 3. The smallest absolute Gasteiger partial charge is 0.411 e. The molecule has 0 radical (unpaired) electrons. The third kappa shape index (κ3) is 11.4. The highest BCUT2D eigenvalue weighted by molar-refractivity contribution is 5.91. The highest BCUT2D eigenvalue weighted by Crippen LogP contribution is 2.28. The third-order valence-electron chi connectivity index (χ3n) is 7.81. The summed E-state index contributed by atoms with van der Waals surface area (Å²) < 4.78 is 10.9. The average Bonchev–Trinajstić information content (AvgIpc) is 3.04. The number of carbonyl (C=O) groups is 2. The van der Waals surface area contributed by atoms with Crippen LogP contribution in [0.25, 0.3) is 11.1 Å². The predicted molar refractivity (Wildman–Crippen MR) is 172 cm³/mol. The molecule has 1 aliphatic heterocycles. The fourth-order valence-electron chi connectivity index (χ4n) is 5.28. The molecule has 0 atom stereocenters. The molecule has 1 fully saturated rings. The Hall–Kier alpha value is -3.88. The van der Waals surface area contributed by atoms with Crippen molar-refractivity contribution < 1.29 is 19.1 Å². The molecule has 0 saturated carbocycles. The molecule has 3 aromatic rings. The summed E-state index contributed by atoms with van der Waals surface area (Å²) in [6, 6.07) is 25.9. The fourth-order valence-corrected chi connectivity index (χ4v) is 5.28. The number of amides is 2. The van der Waals surface area contributed by atoms with E-state index < -0.39 is 6.09 Å². The number of unbranched alkanes of at least 4 members (excludes halogenated alkanes) is 2. The van der Waals surface area contributed by atoms with Crippen molar-refractivity contribution in [1.82, 2.24) is 15.5 Å². The highest BCUT2D eigenvalue weighted by Gasteiger charge is 2.23. The summed E-state index contributed by atoms with van der Waals surface area (Å²) in [4.78, 5) is 27.2. The van der Waals surface area contributed by atoms with Gasteiger partial charge in [0, 0.05) is 38.2 Å². The molecular formula is C35H46N4O4. The number of carbonyl (C=O) groups excluding carboxylic acids is 2. The zero-order valence-corrected chi connectivity index (χ0v) is 25.4. The Balaban J connectivity index is 1.00. The van der Waals surface area contributed by atoms with Crippen molar-refractivity contribution in [3.63, 3.8) is 0 Å². The lowest BCUT2D eigenvalue weighted by molar-refractivity contribution is -0.121. The molecule has 3 N–H and O–H groups in total. The van der Waals surface area contributed by atoms with Crippen molar-refractivity contribution in [3.05, 3.63) is 84.4 Å². The number of hydrogen-bond donors (Lipinski definition) is 3. The summed E-state index contributed by atoms with van der Waals surface area (Å²) in [5, 5.41) is 9.47. The van der Waals surface area contributed by atoms with Crippen LogP contribution < -0.4 is 20.7 Å². The molecule has 1 aliphatic rings. The maximum Gasteiger partial charge on any atom is 0.411 e. The van der Waals surface area contributed by atoms with Crippen molar-refractivity contribution >= 4 is 17.7 Å². The number of piperidine rings is 1. The van der Waals surface area contributed by atoms with E-state index in [1.165, 1.54) is 5.56 Å². The van der Waals surface area contributed by atoms with Gasteiger partial charge in [-0.2, -0.15) is 0 Å². The van der Waals surface area contributed by atoms with Crippen molar-refractivity contribution in [2.45, 2.75) is 51.0 Å². The van der Waals surface area contributed by atoms with Gasteiger partial charge in [-0.1, -0.05) is 67.1 Å². The summed E-state index contributed by atoms with van der Waals surface area (Å²) in [7, 11) is 1.68. The number of anilines is 1. The van der Waals surface area contributed by atoms with Gasteiger partial charge in [0.05, 0.1) is 12.8 Å². The van der Waals surface area contributed by atoms with E-state index in [4.69, 9.17) is 9.47 Å². The number of nitrogens with zero attached hydrogens (tertiary/aromatic N) is 1. The van der Waals surface area contributed by atoms with E-state index in [0.29, 0.717) is 6.42 Å². The lowest BCUT2D eigenvalue weighted by atomic mass is 10.0. The van der Waals surface area contributed by atoms with Crippen LogP contribution >= 0.6 is 0 Å². The second kappa shape index (κ2) is 17.9. The minimum atomic E-state index is -0.425. The summed E-state index contributed by atoms with van der Waals surface area (Å²) in [5.74, 6) is 0.992. The van der Waals surface area contributed by atoms with Gasteiger partial charge >= 0.3 is 6.09 Å². The average molecular weight is 587 g/mol. The first-order valence-electron chi connectivity index (χ1n) is 15.6. The van der Waals surface area contributed by atoms with E-state index in [-0.39, 0.29) is 12.0 Å².